The van der Waals surface area contributed by atoms with Gasteiger partial charge in [-0.2, -0.15) is 5.21 Å². The summed E-state index contributed by atoms with van der Waals surface area (Å²) in [5.41, 5.74) is 0.616. The average molecular weight is 247 g/mol. The van der Waals surface area contributed by atoms with E-state index in [0.29, 0.717) is 24.0 Å². The van der Waals surface area contributed by atoms with E-state index in [9.17, 15) is 4.79 Å². The number of rotatable bonds is 5. The zero-order valence-corrected chi connectivity index (χ0v) is 9.74. The Balaban J connectivity index is 1.56. The molecule has 0 unspecified atom stereocenters. The number of esters is 1. The van der Waals surface area contributed by atoms with E-state index in [2.05, 4.69) is 20.6 Å². The molecule has 18 heavy (non-hydrogen) atoms. The number of aromatic nitrogens is 5. The third-order valence-corrected chi connectivity index (χ3v) is 2.88. The summed E-state index contributed by atoms with van der Waals surface area (Å²) in [6.07, 6.45) is 4.66. The molecule has 2 aromatic rings. The fraction of sp³-hybridized carbons (Fsp3) is 0.455. The van der Waals surface area contributed by atoms with Crippen molar-refractivity contribution in [3.05, 3.63) is 29.8 Å². The van der Waals surface area contributed by atoms with Crippen molar-refractivity contribution in [2.75, 3.05) is 6.61 Å². The fourth-order valence-electron chi connectivity index (χ4n) is 1.84. The molecule has 0 bridgehead atoms. The van der Waals surface area contributed by atoms with Crippen LogP contribution in [0, 0.1) is 0 Å². The van der Waals surface area contributed by atoms with Gasteiger partial charge in [0, 0.05) is 18.7 Å². The molecule has 1 fully saturated rings. The number of hydrogen-bond acceptors (Lipinski definition) is 5. The molecule has 1 aliphatic carbocycles. The second-order valence-electron chi connectivity index (χ2n) is 4.25. The maximum atomic E-state index is 11.9. The molecule has 1 saturated carbocycles. The van der Waals surface area contributed by atoms with Crippen molar-refractivity contribution in [3.63, 3.8) is 0 Å². The van der Waals surface area contributed by atoms with E-state index in [1.165, 1.54) is 0 Å². The van der Waals surface area contributed by atoms with Crippen LogP contribution in [0.2, 0.25) is 0 Å². The quantitative estimate of drug-likeness (QED) is 0.787. The smallest absolute Gasteiger partial charge is 0.354 e. The first-order valence-electron chi connectivity index (χ1n) is 5.91. The minimum atomic E-state index is -0.296. The highest BCUT2D eigenvalue weighted by Crippen LogP contribution is 2.36. The average Bonchev–Trinajstić information content (AvgIpc) is 2.91. The molecule has 0 aromatic carbocycles. The first-order valence-corrected chi connectivity index (χ1v) is 5.91. The van der Waals surface area contributed by atoms with Crippen LogP contribution >= 0.6 is 0 Å². The fourth-order valence-corrected chi connectivity index (χ4v) is 1.84. The molecule has 0 amide bonds. The molecule has 3 rings (SSSR count). The van der Waals surface area contributed by atoms with Gasteiger partial charge >= 0.3 is 5.97 Å². The maximum Gasteiger partial charge on any atom is 0.354 e. The van der Waals surface area contributed by atoms with Crippen LogP contribution < -0.4 is 0 Å². The van der Waals surface area contributed by atoms with E-state index in [-0.39, 0.29) is 12.6 Å². The summed E-state index contributed by atoms with van der Waals surface area (Å²) >= 11 is 0. The molecule has 2 heterocycles. The number of ether oxygens (including phenoxy) is 1. The minimum absolute atomic E-state index is 0.258. The van der Waals surface area contributed by atoms with Gasteiger partial charge in [-0.05, 0) is 25.0 Å². The molecule has 7 heteroatoms. The lowest BCUT2D eigenvalue weighted by atomic mass is 10.4. The Morgan fingerprint density at radius 2 is 2.44 bits per heavy atom. The standard InChI is InChI=1S/C11H13N5O2/c17-11(18-7-5-10-12-14-15-13-10)9-2-1-6-16(9)8-3-4-8/h1-2,6,8H,3-5,7H2,(H,12,13,14,15). The minimum Gasteiger partial charge on any atom is -0.461 e. The third-order valence-electron chi connectivity index (χ3n) is 2.88. The van der Waals surface area contributed by atoms with Crippen molar-refractivity contribution in [3.8, 4) is 0 Å². The van der Waals surface area contributed by atoms with Gasteiger partial charge in [0.1, 0.15) is 5.69 Å². The van der Waals surface area contributed by atoms with Crippen LogP contribution in [-0.4, -0.2) is 37.8 Å². The molecule has 0 saturated heterocycles. The second-order valence-corrected chi connectivity index (χ2v) is 4.25. The molecule has 1 aliphatic rings. The van der Waals surface area contributed by atoms with Gasteiger partial charge in [0.05, 0.1) is 6.61 Å². The van der Waals surface area contributed by atoms with E-state index in [4.69, 9.17) is 4.74 Å². The first-order chi connectivity index (χ1) is 8.84. The predicted octanol–water partition coefficient (Wildman–Crippen LogP) is 0.736. The Kier molecular flexibility index (Phi) is 2.79. The highest BCUT2D eigenvalue weighted by Gasteiger charge is 2.27. The van der Waals surface area contributed by atoms with Crippen molar-refractivity contribution in [2.24, 2.45) is 0 Å². The van der Waals surface area contributed by atoms with E-state index in [1.54, 1.807) is 6.07 Å². The van der Waals surface area contributed by atoms with Crippen molar-refractivity contribution in [1.29, 1.82) is 0 Å². The van der Waals surface area contributed by atoms with Gasteiger partial charge in [-0.25, -0.2) is 4.79 Å². The second kappa shape index (κ2) is 4.59. The van der Waals surface area contributed by atoms with Gasteiger partial charge in [0.15, 0.2) is 5.82 Å². The highest BCUT2D eigenvalue weighted by molar-refractivity contribution is 5.87. The van der Waals surface area contributed by atoms with Gasteiger partial charge in [-0.1, -0.05) is 5.21 Å². The summed E-state index contributed by atoms with van der Waals surface area (Å²) in [6.45, 7) is 0.258. The zero-order chi connectivity index (χ0) is 12.4. The summed E-state index contributed by atoms with van der Waals surface area (Å²) < 4.78 is 7.18. The highest BCUT2D eigenvalue weighted by atomic mass is 16.5. The van der Waals surface area contributed by atoms with Crippen LogP contribution in [0.25, 0.3) is 0 Å². The molecular formula is C11H13N5O2. The SMILES string of the molecule is O=C(OCCc1nn[nH]n1)c1cccn1C1CC1. The molecule has 7 nitrogen and oxygen atoms in total. The van der Waals surface area contributed by atoms with Gasteiger partial charge < -0.3 is 9.30 Å². The Bertz CT molecular complexity index is 529. The third kappa shape index (κ3) is 2.24. The largest absolute Gasteiger partial charge is 0.461 e. The lowest BCUT2D eigenvalue weighted by Crippen LogP contribution is -2.13. The Morgan fingerprint density at radius 1 is 1.56 bits per heavy atom. The molecule has 0 aliphatic heterocycles. The van der Waals surface area contributed by atoms with E-state index in [1.807, 2.05) is 16.8 Å². The summed E-state index contributed by atoms with van der Waals surface area (Å²) in [7, 11) is 0. The number of nitrogens with one attached hydrogen (secondary N) is 1. The molecule has 94 valence electrons. The van der Waals surface area contributed by atoms with E-state index >= 15 is 0 Å². The number of H-pyrrole nitrogens is 1. The normalized spacial score (nSPS) is 14.7. The molecule has 0 atom stereocenters. The zero-order valence-electron chi connectivity index (χ0n) is 9.74. The first kappa shape index (κ1) is 10.9. The number of nitrogens with zero attached hydrogens (tertiary/aromatic N) is 4. The summed E-state index contributed by atoms with van der Waals surface area (Å²) in [6, 6.07) is 4.13. The summed E-state index contributed by atoms with van der Waals surface area (Å²) in [4.78, 5) is 11.9. The van der Waals surface area contributed by atoms with E-state index in [0.717, 1.165) is 12.8 Å². The number of aromatic amines is 1. The maximum absolute atomic E-state index is 11.9. The van der Waals surface area contributed by atoms with Crippen LogP contribution in [0.3, 0.4) is 0 Å². The number of tetrazole rings is 1. The molecular weight excluding hydrogens is 234 g/mol. The Hall–Kier alpha value is -2.18. The van der Waals surface area contributed by atoms with Crippen LogP contribution in [0.15, 0.2) is 18.3 Å². The monoisotopic (exact) mass is 247 g/mol. The number of hydrogen-bond donors (Lipinski definition) is 1. The number of carbonyl (C=O) groups excluding carboxylic acids is 1. The van der Waals surface area contributed by atoms with Gasteiger partial charge in [-0.3, -0.25) is 0 Å². The van der Waals surface area contributed by atoms with Crippen molar-refractivity contribution in [1.82, 2.24) is 25.2 Å². The van der Waals surface area contributed by atoms with Crippen LogP contribution in [-0.2, 0) is 11.2 Å². The van der Waals surface area contributed by atoms with Gasteiger partial charge in [0.2, 0.25) is 0 Å². The molecule has 2 aromatic heterocycles. The lowest BCUT2D eigenvalue weighted by Gasteiger charge is -2.07. The lowest BCUT2D eigenvalue weighted by molar-refractivity contribution is 0.0495. The van der Waals surface area contributed by atoms with Crippen molar-refractivity contribution in [2.45, 2.75) is 25.3 Å². The van der Waals surface area contributed by atoms with Crippen LogP contribution in [0.1, 0.15) is 35.2 Å². The van der Waals surface area contributed by atoms with Crippen molar-refractivity contribution < 1.29 is 9.53 Å². The Labute approximate surface area is 103 Å². The van der Waals surface area contributed by atoms with Gasteiger partial charge in [-0.15, -0.1) is 10.2 Å². The van der Waals surface area contributed by atoms with Crippen molar-refractivity contribution >= 4 is 5.97 Å². The van der Waals surface area contributed by atoms with Gasteiger partial charge in [0.25, 0.3) is 0 Å². The topological polar surface area (TPSA) is 85.7 Å². The predicted molar refractivity (Wildman–Crippen MR) is 60.9 cm³/mol. The molecule has 0 spiro atoms. The van der Waals surface area contributed by atoms with Crippen LogP contribution in [0.4, 0.5) is 0 Å². The van der Waals surface area contributed by atoms with Crippen LogP contribution in [0.5, 0.6) is 0 Å². The summed E-state index contributed by atoms with van der Waals surface area (Å²) in [5, 5.41) is 13.4. The van der Waals surface area contributed by atoms with E-state index < -0.39 is 0 Å². The summed E-state index contributed by atoms with van der Waals surface area (Å²) in [5.74, 6) is 0.246. The number of carbonyl (C=O) groups is 1. The molecule has 0 radical (unpaired) electrons. The molecule has 1 N–H and O–H groups in total. The Morgan fingerprint density at radius 3 is 3.17 bits per heavy atom.